The first kappa shape index (κ1) is 25.7. The number of anilines is 1. The molecule has 1 atom stereocenters. The minimum Gasteiger partial charge on any atom is -0.497 e. The SMILES string of the molecule is COc1ccc(N2CCN([C@@H](c3cc4cc(C)ccc4[nH]c3=O)c3nnnn3Cc3ccc(F)cc3)CC2)cc1. The number of nitrogens with zero attached hydrogens (tertiary/aromatic N) is 6. The Hall–Kier alpha value is -4.57. The lowest BCUT2D eigenvalue weighted by Gasteiger charge is -2.39. The summed E-state index contributed by atoms with van der Waals surface area (Å²) in [5, 5.41) is 13.6. The Morgan fingerprint density at radius 2 is 1.73 bits per heavy atom. The van der Waals surface area contributed by atoms with E-state index >= 15 is 0 Å². The van der Waals surface area contributed by atoms with Crippen molar-refractivity contribution < 1.29 is 9.13 Å². The predicted molar refractivity (Wildman–Crippen MR) is 151 cm³/mol. The monoisotopic (exact) mass is 539 g/mol. The van der Waals surface area contributed by atoms with Crippen LogP contribution in [-0.4, -0.2) is 63.4 Å². The number of aryl methyl sites for hydroxylation is 1. The van der Waals surface area contributed by atoms with Gasteiger partial charge in [0, 0.05) is 42.9 Å². The summed E-state index contributed by atoms with van der Waals surface area (Å²) in [4.78, 5) is 21.2. The standard InChI is InChI=1S/C30H30FN7O2/c1-20-3-12-27-22(17-20)18-26(30(39)32-27)28(29-33-34-35-38(29)19-21-4-6-23(31)7-5-21)37-15-13-36(14-16-37)24-8-10-25(40-2)11-9-24/h3-12,17-18,28H,13-16,19H2,1-2H3,(H,32,39)/t28-/m0/s1. The van der Waals surface area contributed by atoms with Gasteiger partial charge in [-0.25, -0.2) is 9.07 Å². The molecule has 0 radical (unpaired) electrons. The fourth-order valence-corrected chi connectivity index (χ4v) is 5.36. The Bertz CT molecular complexity index is 1670. The van der Waals surface area contributed by atoms with Crippen molar-refractivity contribution in [3.63, 3.8) is 0 Å². The molecule has 2 aromatic heterocycles. The van der Waals surface area contributed by atoms with E-state index in [-0.39, 0.29) is 11.4 Å². The van der Waals surface area contributed by atoms with Crippen LogP contribution >= 0.6 is 0 Å². The van der Waals surface area contributed by atoms with Crippen LogP contribution in [0.2, 0.25) is 0 Å². The smallest absolute Gasteiger partial charge is 0.253 e. The third kappa shape index (κ3) is 5.17. The van der Waals surface area contributed by atoms with Gasteiger partial charge in [0.25, 0.3) is 5.56 Å². The molecular weight excluding hydrogens is 509 g/mol. The maximum atomic E-state index is 13.5. The van der Waals surface area contributed by atoms with Crippen molar-refractivity contribution in [2.45, 2.75) is 19.5 Å². The summed E-state index contributed by atoms with van der Waals surface area (Å²) in [6.07, 6.45) is 0. The Labute approximate surface area is 230 Å². The summed E-state index contributed by atoms with van der Waals surface area (Å²) >= 11 is 0. The van der Waals surface area contributed by atoms with Gasteiger partial charge in [0.15, 0.2) is 5.82 Å². The summed E-state index contributed by atoms with van der Waals surface area (Å²) in [6, 6.07) is 21.8. The number of piperazine rings is 1. The highest BCUT2D eigenvalue weighted by Gasteiger charge is 2.33. The molecular formula is C30H30FN7O2. The average molecular weight is 540 g/mol. The average Bonchev–Trinajstić information content (AvgIpc) is 3.43. The second-order valence-electron chi connectivity index (χ2n) is 10.1. The number of benzene rings is 3. The summed E-state index contributed by atoms with van der Waals surface area (Å²) in [6.45, 7) is 5.33. The van der Waals surface area contributed by atoms with Gasteiger partial charge in [0.1, 0.15) is 17.6 Å². The molecule has 1 N–H and O–H groups in total. The number of methoxy groups -OCH3 is 1. The summed E-state index contributed by atoms with van der Waals surface area (Å²) in [5.74, 6) is 1.09. The zero-order valence-electron chi connectivity index (χ0n) is 22.4. The van der Waals surface area contributed by atoms with Crippen molar-refractivity contribution in [2.24, 2.45) is 0 Å². The van der Waals surface area contributed by atoms with Gasteiger partial charge in [-0.05, 0) is 82.9 Å². The fraction of sp³-hybridized carbons (Fsp3) is 0.267. The molecule has 10 heteroatoms. The Balaban J connectivity index is 1.36. The lowest BCUT2D eigenvalue weighted by atomic mass is 10.0. The number of pyridine rings is 1. The largest absolute Gasteiger partial charge is 0.497 e. The Morgan fingerprint density at radius 1 is 0.975 bits per heavy atom. The summed E-state index contributed by atoms with van der Waals surface area (Å²) in [5.41, 5.74) is 4.30. The highest BCUT2D eigenvalue weighted by Crippen LogP contribution is 2.30. The zero-order chi connectivity index (χ0) is 27.6. The number of fused-ring (bicyclic) bond motifs is 1. The van der Waals surface area contributed by atoms with Gasteiger partial charge < -0.3 is 14.6 Å². The highest BCUT2D eigenvalue weighted by atomic mass is 19.1. The number of nitrogens with one attached hydrogen (secondary N) is 1. The van der Waals surface area contributed by atoms with E-state index in [1.807, 2.05) is 37.3 Å². The molecule has 40 heavy (non-hydrogen) atoms. The van der Waals surface area contributed by atoms with Crippen molar-refractivity contribution >= 4 is 16.6 Å². The molecule has 1 aliphatic heterocycles. The Kier molecular flexibility index (Phi) is 7.00. The van der Waals surface area contributed by atoms with E-state index in [0.717, 1.165) is 46.6 Å². The van der Waals surface area contributed by atoms with Crippen LogP contribution in [0.5, 0.6) is 5.75 Å². The second kappa shape index (κ2) is 10.9. The number of rotatable bonds is 7. The van der Waals surface area contributed by atoms with Crippen LogP contribution < -0.4 is 15.2 Å². The normalized spacial score (nSPS) is 14.9. The molecule has 0 bridgehead atoms. The van der Waals surface area contributed by atoms with Crippen molar-refractivity contribution in [3.05, 3.63) is 111 Å². The predicted octanol–water partition coefficient (Wildman–Crippen LogP) is 3.93. The minimum absolute atomic E-state index is 0.171. The first-order valence-corrected chi connectivity index (χ1v) is 13.3. The fourth-order valence-electron chi connectivity index (χ4n) is 5.36. The lowest BCUT2D eigenvalue weighted by Crippen LogP contribution is -2.49. The molecule has 1 fully saturated rings. The van der Waals surface area contributed by atoms with E-state index in [9.17, 15) is 9.18 Å². The number of halogens is 1. The van der Waals surface area contributed by atoms with Crippen LogP contribution in [0, 0.1) is 12.7 Å². The molecule has 0 unspecified atom stereocenters. The quantitative estimate of drug-likeness (QED) is 0.335. The minimum atomic E-state index is -0.470. The number of aromatic nitrogens is 5. The molecule has 5 aromatic rings. The molecule has 1 aliphatic rings. The summed E-state index contributed by atoms with van der Waals surface area (Å²) in [7, 11) is 1.66. The topological polar surface area (TPSA) is 92.2 Å². The number of H-pyrrole nitrogens is 1. The molecule has 204 valence electrons. The van der Waals surface area contributed by atoms with E-state index in [2.05, 4.69) is 48.5 Å². The van der Waals surface area contributed by atoms with E-state index in [1.165, 1.54) is 12.1 Å². The Morgan fingerprint density at radius 3 is 2.45 bits per heavy atom. The molecule has 3 aromatic carbocycles. The molecule has 0 saturated carbocycles. The lowest BCUT2D eigenvalue weighted by molar-refractivity contribution is 0.200. The molecule has 3 heterocycles. The van der Waals surface area contributed by atoms with Crippen molar-refractivity contribution in [1.29, 1.82) is 0 Å². The van der Waals surface area contributed by atoms with Gasteiger partial charge >= 0.3 is 0 Å². The summed E-state index contributed by atoms with van der Waals surface area (Å²) < 4.78 is 20.5. The zero-order valence-corrected chi connectivity index (χ0v) is 22.4. The number of hydrogen-bond acceptors (Lipinski definition) is 7. The molecule has 9 nitrogen and oxygen atoms in total. The van der Waals surface area contributed by atoms with Crippen LogP contribution in [0.15, 0.2) is 77.6 Å². The highest BCUT2D eigenvalue weighted by molar-refractivity contribution is 5.79. The van der Waals surface area contributed by atoms with E-state index in [0.29, 0.717) is 31.0 Å². The van der Waals surface area contributed by atoms with Gasteiger partial charge in [-0.3, -0.25) is 9.69 Å². The number of tetrazole rings is 1. The first-order valence-electron chi connectivity index (χ1n) is 13.3. The first-order chi connectivity index (χ1) is 19.5. The number of aromatic amines is 1. The van der Waals surface area contributed by atoms with Crippen LogP contribution in [0.25, 0.3) is 10.9 Å². The van der Waals surface area contributed by atoms with E-state index < -0.39 is 6.04 Å². The van der Waals surface area contributed by atoms with Crippen LogP contribution in [0.1, 0.15) is 28.6 Å². The van der Waals surface area contributed by atoms with Gasteiger partial charge in [-0.2, -0.15) is 0 Å². The number of ether oxygens (including phenoxy) is 1. The second-order valence-corrected chi connectivity index (χ2v) is 10.1. The van der Waals surface area contributed by atoms with E-state index in [1.54, 1.807) is 23.9 Å². The molecule has 6 rings (SSSR count). The van der Waals surface area contributed by atoms with Crippen molar-refractivity contribution in [3.8, 4) is 5.75 Å². The molecule has 0 spiro atoms. The number of hydrogen-bond donors (Lipinski definition) is 1. The van der Waals surface area contributed by atoms with Gasteiger partial charge in [0.2, 0.25) is 0 Å². The maximum Gasteiger partial charge on any atom is 0.253 e. The molecule has 0 amide bonds. The third-order valence-corrected chi connectivity index (χ3v) is 7.49. The van der Waals surface area contributed by atoms with Gasteiger partial charge in [-0.15, -0.1) is 5.10 Å². The van der Waals surface area contributed by atoms with Gasteiger partial charge in [0.05, 0.1) is 13.7 Å². The molecule has 0 aliphatic carbocycles. The maximum absolute atomic E-state index is 13.5. The van der Waals surface area contributed by atoms with Crippen LogP contribution in [-0.2, 0) is 6.54 Å². The third-order valence-electron chi connectivity index (χ3n) is 7.49. The van der Waals surface area contributed by atoms with E-state index in [4.69, 9.17) is 4.74 Å². The van der Waals surface area contributed by atoms with Crippen molar-refractivity contribution in [1.82, 2.24) is 30.1 Å². The van der Waals surface area contributed by atoms with Crippen LogP contribution in [0.4, 0.5) is 10.1 Å². The van der Waals surface area contributed by atoms with Crippen molar-refractivity contribution in [2.75, 3.05) is 38.2 Å². The molecule has 1 saturated heterocycles. The van der Waals surface area contributed by atoms with Gasteiger partial charge in [-0.1, -0.05) is 23.8 Å². The van der Waals surface area contributed by atoms with Crippen LogP contribution in [0.3, 0.4) is 0 Å².